The third-order valence-corrected chi connectivity index (χ3v) is 3.80. The van der Waals surface area contributed by atoms with E-state index in [1.54, 1.807) is 0 Å². The standard InChI is InChI=1S/C15H16FN5O2/c1-9-2-3-12-11(6-9)17-14(22-12)18-15-20-19-13(23-15)8-21-5-4-10(16)7-21/h2-3,6,10H,4-5,7-8H2,1H3,(H,17,18,20). The first kappa shape index (κ1) is 14.1. The van der Waals surface area contributed by atoms with Crippen molar-refractivity contribution >= 4 is 23.1 Å². The highest BCUT2D eigenvalue weighted by molar-refractivity contribution is 5.75. The summed E-state index contributed by atoms with van der Waals surface area (Å²) in [4.78, 5) is 6.27. The Morgan fingerprint density at radius 2 is 2.22 bits per heavy atom. The number of hydrogen-bond donors (Lipinski definition) is 1. The van der Waals surface area contributed by atoms with Crippen molar-refractivity contribution < 1.29 is 13.2 Å². The van der Waals surface area contributed by atoms with Gasteiger partial charge in [-0.3, -0.25) is 10.2 Å². The summed E-state index contributed by atoms with van der Waals surface area (Å²) in [5.74, 6) is 0.438. The van der Waals surface area contributed by atoms with Gasteiger partial charge in [0.05, 0.1) is 6.54 Å². The summed E-state index contributed by atoms with van der Waals surface area (Å²) in [6.07, 6.45) is -0.208. The van der Waals surface area contributed by atoms with Crippen LogP contribution in [0, 0.1) is 6.92 Å². The molecule has 4 rings (SSSR count). The molecule has 120 valence electrons. The van der Waals surface area contributed by atoms with Gasteiger partial charge in [0, 0.05) is 13.1 Å². The van der Waals surface area contributed by atoms with E-state index in [9.17, 15) is 4.39 Å². The summed E-state index contributed by atoms with van der Waals surface area (Å²) in [7, 11) is 0. The SMILES string of the molecule is Cc1ccc2oc(Nc3nnc(CN4CCC(F)C4)o3)nc2c1. The highest BCUT2D eigenvalue weighted by Crippen LogP contribution is 2.23. The predicted molar refractivity (Wildman–Crippen MR) is 81.1 cm³/mol. The quantitative estimate of drug-likeness (QED) is 0.792. The summed E-state index contributed by atoms with van der Waals surface area (Å²) in [6.45, 7) is 3.56. The number of aryl methyl sites for hydroxylation is 1. The topological polar surface area (TPSA) is 80.2 Å². The minimum absolute atomic E-state index is 0.208. The fourth-order valence-electron chi connectivity index (χ4n) is 2.67. The number of benzene rings is 1. The van der Waals surface area contributed by atoms with E-state index >= 15 is 0 Å². The number of anilines is 2. The highest BCUT2D eigenvalue weighted by atomic mass is 19.1. The van der Waals surface area contributed by atoms with Gasteiger partial charge < -0.3 is 8.83 Å². The Balaban J connectivity index is 1.46. The maximum atomic E-state index is 13.2. The molecule has 0 spiro atoms. The third kappa shape index (κ3) is 3.02. The summed E-state index contributed by atoms with van der Waals surface area (Å²) in [5.41, 5.74) is 2.55. The van der Waals surface area contributed by atoms with E-state index in [0.717, 1.165) is 11.1 Å². The largest absolute Gasteiger partial charge is 0.423 e. The van der Waals surface area contributed by atoms with Gasteiger partial charge in [-0.25, -0.2) is 4.39 Å². The molecule has 8 heteroatoms. The first-order chi connectivity index (χ1) is 11.2. The van der Waals surface area contributed by atoms with Crippen LogP contribution < -0.4 is 5.32 Å². The monoisotopic (exact) mass is 317 g/mol. The Bertz CT molecular complexity index is 830. The first-order valence-corrected chi connectivity index (χ1v) is 7.49. The molecule has 1 unspecified atom stereocenters. The molecular formula is C15H16FN5O2. The smallest absolute Gasteiger partial charge is 0.323 e. The zero-order chi connectivity index (χ0) is 15.8. The second-order valence-corrected chi connectivity index (χ2v) is 5.74. The van der Waals surface area contributed by atoms with Crippen LogP contribution in [0.4, 0.5) is 16.4 Å². The molecule has 3 aromatic rings. The fourth-order valence-corrected chi connectivity index (χ4v) is 2.67. The van der Waals surface area contributed by atoms with E-state index in [4.69, 9.17) is 8.83 Å². The third-order valence-electron chi connectivity index (χ3n) is 3.80. The van der Waals surface area contributed by atoms with Crippen molar-refractivity contribution in [1.29, 1.82) is 0 Å². The summed E-state index contributed by atoms with van der Waals surface area (Å²) >= 11 is 0. The van der Waals surface area contributed by atoms with Crippen molar-refractivity contribution in [2.75, 3.05) is 18.4 Å². The van der Waals surface area contributed by atoms with Crippen molar-refractivity contribution in [3.05, 3.63) is 29.7 Å². The van der Waals surface area contributed by atoms with Gasteiger partial charge in [-0.15, -0.1) is 5.10 Å². The molecule has 1 fully saturated rings. The number of hydrogen-bond acceptors (Lipinski definition) is 7. The van der Waals surface area contributed by atoms with Crippen LogP contribution in [-0.4, -0.2) is 39.3 Å². The van der Waals surface area contributed by atoms with Crippen LogP contribution in [0.25, 0.3) is 11.1 Å². The molecule has 1 aliphatic rings. The Kier molecular flexibility index (Phi) is 3.45. The summed E-state index contributed by atoms with van der Waals surface area (Å²) in [5, 5.41) is 10.7. The Morgan fingerprint density at radius 3 is 3.04 bits per heavy atom. The minimum Gasteiger partial charge on any atom is -0.423 e. The molecule has 7 nitrogen and oxygen atoms in total. The number of nitrogens with one attached hydrogen (secondary N) is 1. The van der Waals surface area contributed by atoms with Crippen molar-refractivity contribution in [2.45, 2.75) is 26.1 Å². The van der Waals surface area contributed by atoms with Crippen molar-refractivity contribution in [1.82, 2.24) is 20.1 Å². The van der Waals surface area contributed by atoms with E-state index < -0.39 is 6.17 Å². The molecule has 1 atom stereocenters. The van der Waals surface area contributed by atoms with Gasteiger partial charge in [0.2, 0.25) is 5.89 Å². The van der Waals surface area contributed by atoms with E-state index in [1.165, 1.54) is 0 Å². The second kappa shape index (κ2) is 5.62. The molecule has 23 heavy (non-hydrogen) atoms. The molecule has 3 heterocycles. The molecule has 1 N–H and O–H groups in total. The molecule has 0 saturated carbocycles. The average molecular weight is 317 g/mol. The molecule has 0 bridgehead atoms. The lowest BCUT2D eigenvalue weighted by Crippen LogP contribution is -2.20. The van der Waals surface area contributed by atoms with Crippen LogP contribution in [0.15, 0.2) is 27.0 Å². The number of oxazole rings is 1. The number of fused-ring (bicyclic) bond motifs is 1. The van der Waals surface area contributed by atoms with Crippen LogP contribution in [0.2, 0.25) is 0 Å². The van der Waals surface area contributed by atoms with Crippen molar-refractivity contribution in [3.63, 3.8) is 0 Å². The Morgan fingerprint density at radius 1 is 1.30 bits per heavy atom. The van der Waals surface area contributed by atoms with Gasteiger partial charge in [0.1, 0.15) is 11.7 Å². The van der Waals surface area contributed by atoms with E-state index in [0.29, 0.717) is 43.5 Å². The van der Waals surface area contributed by atoms with Crippen LogP contribution in [0.5, 0.6) is 0 Å². The van der Waals surface area contributed by atoms with Gasteiger partial charge in [0.15, 0.2) is 5.58 Å². The average Bonchev–Trinajstić information content (AvgIpc) is 3.20. The molecule has 2 aromatic heterocycles. The van der Waals surface area contributed by atoms with Crippen LogP contribution in [-0.2, 0) is 6.54 Å². The van der Waals surface area contributed by atoms with Gasteiger partial charge >= 0.3 is 12.0 Å². The molecule has 0 radical (unpaired) electrons. The van der Waals surface area contributed by atoms with Crippen LogP contribution >= 0.6 is 0 Å². The van der Waals surface area contributed by atoms with Crippen LogP contribution in [0.3, 0.4) is 0 Å². The van der Waals surface area contributed by atoms with E-state index in [2.05, 4.69) is 20.5 Å². The lowest BCUT2D eigenvalue weighted by molar-refractivity contribution is 0.260. The maximum Gasteiger partial charge on any atom is 0.323 e. The molecule has 1 saturated heterocycles. The first-order valence-electron chi connectivity index (χ1n) is 7.49. The number of likely N-dealkylation sites (tertiary alicyclic amines) is 1. The number of aromatic nitrogens is 3. The summed E-state index contributed by atoms with van der Waals surface area (Å²) < 4.78 is 24.2. The zero-order valence-corrected chi connectivity index (χ0v) is 12.6. The zero-order valence-electron chi connectivity index (χ0n) is 12.6. The number of alkyl halides is 1. The van der Waals surface area contributed by atoms with Crippen molar-refractivity contribution in [3.8, 4) is 0 Å². The highest BCUT2D eigenvalue weighted by Gasteiger charge is 2.23. The lowest BCUT2D eigenvalue weighted by Gasteiger charge is -2.10. The van der Waals surface area contributed by atoms with Crippen LogP contribution in [0.1, 0.15) is 17.9 Å². The molecule has 1 aliphatic heterocycles. The van der Waals surface area contributed by atoms with Gasteiger partial charge in [0.25, 0.3) is 0 Å². The van der Waals surface area contributed by atoms with Gasteiger partial charge in [-0.2, -0.15) is 4.98 Å². The molecule has 1 aromatic carbocycles. The van der Waals surface area contributed by atoms with Gasteiger partial charge in [-0.1, -0.05) is 11.2 Å². The number of nitrogens with zero attached hydrogens (tertiary/aromatic N) is 4. The summed E-state index contributed by atoms with van der Waals surface area (Å²) in [6, 6.07) is 6.26. The lowest BCUT2D eigenvalue weighted by atomic mass is 10.2. The predicted octanol–water partition coefficient (Wildman–Crippen LogP) is 2.81. The molecular weight excluding hydrogens is 301 g/mol. The maximum absolute atomic E-state index is 13.2. The van der Waals surface area contributed by atoms with Crippen molar-refractivity contribution in [2.24, 2.45) is 0 Å². The number of rotatable bonds is 4. The Labute approximate surface area is 131 Å². The van der Waals surface area contributed by atoms with Gasteiger partial charge in [-0.05, 0) is 31.0 Å². The fraction of sp³-hybridized carbons (Fsp3) is 0.400. The number of halogens is 1. The molecule has 0 amide bonds. The minimum atomic E-state index is -0.765. The normalized spacial score (nSPS) is 18.8. The Hall–Kier alpha value is -2.48. The van der Waals surface area contributed by atoms with E-state index in [1.807, 2.05) is 30.0 Å². The molecule has 0 aliphatic carbocycles. The second-order valence-electron chi connectivity index (χ2n) is 5.74. The van der Waals surface area contributed by atoms with E-state index in [-0.39, 0.29) is 6.01 Å².